The van der Waals surface area contributed by atoms with E-state index in [2.05, 4.69) is 31.4 Å². The van der Waals surface area contributed by atoms with Crippen LogP contribution in [0.3, 0.4) is 0 Å². The molecule has 0 bridgehead atoms. The molecule has 0 aliphatic carbocycles. The monoisotopic (exact) mass is 475 g/mol. The Bertz CT molecular complexity index is 998. The van der Waals surface area contributed by atoms with E-state index in [1.165, 1.54) is 0 Å². The molecule has 0 aliphatic heterocycles. The molecule has 0 atom stereocenters. The maximum atomic E-state index is 12.4. The lowest BCUT2D eigenvalue weighted by molar-refractivity contribution is 0.102. The highest BCUT2D eigenvalue weighted by Crippen LogP contribution is 2.26. The van der Waals surface area contributed by atoms with Gasteiger partial charge in [0.25, 0.3) is 5.91 Å². The normalized spacial score (nSPS) is 11.0. The first kappa shape index (κ1) is 19.2. The van der Waals surface area contributed by atoms with E-state index < -0.39 is 5.91 Å². The van der Waals surface area contributed by atoms with Crippen molar-refractivity contribution in [3.05, 3.63) is 60.9 Å². The highest BCUT2D eigenvalue weighted by atomic mass is 79.9. The lowest BCUT2D eigenvalue weighted by Crippen LogP contribution is -2.14. The number of anilines is 1. The zero-order chi connectivity index (χ0) is 19.0. The number of aryl methyl sites for hydroxylation is 1. The SMILES string of the molecule is Cc1c(Cl)c(C(=O)Nc2nn(Cc3ccc(Cl)c(Cl)c3)cc2Br)nn1C. The standard InChI is InChI=1S/C16H13BrCl3N5O/c1-8-13(20)14(22-24(8)2)16(26)21-15-10(17)7-25(23-15)6-9-3-4-11(18)12(19)5-9/h3-5,7H,6H2,1-2H3,(H,21,23,26). The van der Waals surface area contributed by atoms with Crippen LogP contribution in [0.2, 0.25) is 15.1 Å². The van der Waals surface area contributed by atoms with Crippen LogP contribution in [0.25, 0.3) is 0 Å². The Hall–Kier alpha value is -1.54. The van der Waals surface area contributed by atoms with Gasteiger partial charge in [-0.05, 0) is 40.5 Å². The molecule has 2 heterocycles. The fraction of sp³-hybridized carbons (Fsp3) is 0.188. The van der Waals surface area contributed by atoms with E-state index in [1.807, 2.05) is 6.07 Å². The van der Waals surface area contributed by atoms with Gasteiger partial charge in [0, 0.05) is 13.2 Å². The summed E-state index contributed by atoms with van der Waals surface area (Å²) in [4.78, 5) is 12.4. The quantitative estimate of drug-likeness (QED) is 0.578. The molecule has 0 saturated heterocycles. The second kappa shape index (κ2) is 7.60. The Morgan fingerprint density at radius 1 is 1.23 bits per heavy atom. The van der Waals surface area contributed by atoms with E-state index in [9.17, 15) is 4.79 Å². The van der Waals surface area contributed by atoms with Crippen LogP contribution in [0.1, 0.15) is 21.7 Å². The van der Waals surface area contributed by atoms with Gasteiger partial charge in [-0.3, -0.25) is 14.2 Å². The first-order valence-corrected chi connectivity index (χ1v) is 9.36. The second-order valence-electron chi connectivity index (χ2n) is 5.60. The lowest BCUT2D eigenvalue weighted by atomic mass is 10.2. The van der Waals surface area contributed by atoms with Crippen molar-refractivity contribution in [3.8, 4) is 0 Å². The number of halogens is 4. The molecule has 1 aromatic carbocycles. The average Bonchev–Trinajstić information content (AvgIpc) is 3.05. The summed E-state index contributed by atoms with van der Waals surface area (Å²) in [5, 5.41) is 12.5. The summed E-state index contributed by atoms with van der Waals surface area (Å²) in [7, 11) is 1.72. The van der Waals surface area contributed by atoms with Gasteiger partial charge in [0.15, 0.2) is 11.5 Å². The molecule has 0 radical (unpaired) electrons. The van der Waals surface area contributed by atoms with Crippen molar-refractivity contribution in [2.45, 2.75) is 13.5 Å². The molecule has 2 aromatic heterocycles. The largest absolute Gasteiger partial charge is 0.303 e. The van der Waals surface area contributed by atoms with Gasteiger partial charge in [0.2, 0.25) is 0 Å². The third kappa shape index (κ3) is 3.91. The van der Waals surface area contributed by atoms with Crippen LogP contribution in [0, 0.1) is 6.92 Å². The molecular formula is C16H13BrCl3N5O. The van der Waals surface area contributed by atoms with Gasteiger partial charge in [-0.25, -0.2) is 0 Å². The predicted molar refractivity (Wildman–Crippen MR) is 106 cm³/mol. The number of benzene rings is 1. The smallest absolute Gasteiger partial charge is 0.278 e. The molecule has 26 heavy (non-hydrogen) atoms. The Morgan fingerprint density at radius 2 is 1.96 bits per heavy atom. The van der Waals surface area contributed by atoms with Crippen LogP contribution >= 0.6 is 50.7 Å². The number of rotatable bonds is 4. The maximum Gasteiger partial charge on any atom is 0.278 e. The van der Waals surface area contributed by atoms with Gasteiger partial charge in [0.05, 0.1) is 31.8 Å². The Balaban J connectivity index is 1.78. The fourth-order valence-electron chi connectivity index (χ4n) is 2.28. The summed E-state index contributed by atoms with van der Waals surface area (Å²) >= 11 is 21.5. The number of aromatic nitrogens is 4. The minimum atomic E-state index is -0.431. The Kier molecular flexibility index (Phi) is 5.62. The van der Waals surface area contributed by atoms with Crippen molar-refractivity contribution in [3.63, 3.8) is 0 Å². The summed E-state index contributed by atoms with van der Waals surface area (Å²) in [5.74, 6) is -0.0615. The van der Waals surface area contributed by atoms with Gasteiger partial charge >= 0.3 is 0 Å². The molecule has 136 valence electrons. The zero-order valence-corrected chi connectivity index (χ0v) is 17.6. The minimum absolute atomic E-state index is 0.151. The van der Waals surface area contributed by atoms with Crippen molar-refractivity contribution in [2.24, 2.45) is 7.05 Å². The highest BCUT2D eigenvalue weighted by molar-refractivity contribution is 9.10. The van der Waals surface area contributed by atoms with Crippen LogP contribution in [-0.4, -0.2) is 25.5 Å². The summed E-state index contributed by atoms with van der Waals surface area (Å²) in [5.41, 5.74) is 1.79. The molecule has 1 N–H and O–H groups in total. The summed E-state index contributed by atoms with van der Waals surface area (Å²) in [6, 6.07) is 5.36. The summed E-state index contributed by atoms with van der Waals surface area (Å²) in [6.45, 7) is 2.25. The average molecular weight is 478 g/mol. The van der Waals surface area contributed by atoms with E-state index >= 15 is 0 Å². The van der Waals surface area contributed by atoms with Crippen molar-refractivity contribution in [2.75, 3.05) is 5.32 Å². The lowest BCUT2D eigenvalue weighted by Gasteiger charge is -2.04. The van der Waals surface area contributed by atoms with Crippen LogP contribution in [0.5, 0.6) is 0 Å². The number of carbonyl (C=O) groups is 1. The van der Waals surface area contributed by atoms with E-state index in [4.69, 9.17) is 34.8 Å². The molecule has 0 aliphatic rings. The van der Waals surface area contributed by atoms with Crippen molar-refractivity contribution >= 4 is 62.5 Å². The number of hydrogen-bond acceptors (Lipinski definition) is 3. The molecule has 3 aromatic rings. The number of carbonyl (C=O) groups excluding carboxylic acids is 1. The van der Waals surface area contributed by atoms with Crippen molar-refractivity contribution < 1.29 is 4.79 Å². The topological polar surface area (TPSA) is 64.7 Å². The highest BCUT2D eigenvalue weighted by Gasteiger charge is 2.20. The molecule has 6 nitrogen and oxygen atoms in total. The third-order valence-electron chi connectivity index (χ3n) is 3.75. The van der Waals surface area contributed by atoms with Crippen LogP contribution in [0.15, 0.2) is 28.9 Å². The molecule has 0 saturated carbocycles. The van der Waals surface area contributed by atoms with Crippen LogP contribution in [0.4, 0.5) is 5.82 Å². The Labute approximate surface area is 173 Å². The van der Waals surface area contributed by atoms with Gasteiger partial charge in [-0.1, -0.05) is 40.9 Å². The molecular weight excluding hydrogens is 464 g/mol. The van der Waals surface area contributed by atoms with E-state index in [-0.39, 0.29) is 5.69 Å². The minimum Gasteiger partial charge on any atom is -0.303 e. The molecule has 0 unspecified atom stereocenters. The van der Waals surface area contributed by atoms with E-state index in [0.717, 1.165) is 5.56 Å². The number of hydrogen-bond donors (Lipinski definition) is 1. The zero-order valence-electron chi connectivity index (χ0n) is 13.7. The van der Waals surface area contributed by atoms with E-state index in [1.54, 1.807) is 41.7 Å². The van der Waals surface area contributed by atoms with Gasteiger partial charge in [-0.2, -0.15) is 10.2 Å². The number of amides is 1. The van der Waals surface area contributed by atoms with Crippen molar-refractivity contribution in [1.82, 2.24) is 19.6 Å². The van der Waals surface area contributed by atoms with Crippen LogP contribution < -0.4 is 5.32 Å². The van der Waals surface area contributed by atoms with Gasteiger partial charge in [-0.15, -0.1) is 0 Å². The molecule has 10 heteroatoms. The maximum absolute atomic E-state index is 12.4. The molecule has 0 fully saturated rings. The number of nitrogens with one attached hydrogen (secondary N) is 1. The van der Waals surface area contributed by atoms with Gasteiger partial charge in [0.1, 0.15) is 0 Å². The fourth-order valence-corrected chi connectivity index (χ4v) is 3.26. The molecule has 3 rings (SSSR count). The van der Waals surface area contributed by atoms with E-state index in [0.29, 0.717) is 37.6 Å². The second-order valence-corrected chi connectivity index (χ2v) is 7.64. The first-order valence-electron chi connectivity index (χ1n) is 7.43. The summed E-state index contributed by atoms with van der Waals surface area (Å²) in [6.07, 6.45) is 1.75. The van der Waals surface area contributed by atoms with Crippen molar-refractivity contribution in [1.29, 1.82) is 0 Å². The van der Waals surface area contributed by atoms with Gasteiger partial charge < -0.3 is 5.32 Å². The Morgan fingerprint density at radius 3 is 2.58 bits per heavy atom. The third-order valence-corrected chi connectivity index (χ3v) is 5.53. The number of nitrogens with zero attached hydrogens (tertiary/aromatic N) is 4. The molecule has 1 amide bonds. The first-order chi connectivity index (χ1) is 12.3. The predicted octanol–water partition coefficient (Wildman–Crippen LogP) is 4.95. The van der Waals surface area contributed by atoms with Crippen LogP contribution in [-0.2, 0) is 13.6 Å². The summed E-state index contributed by atoms with van der Waals surface area (Å²) < 4.78 is 3.86. The molecule has 0 spiro atoms.